The van der Waals surface area contributed by atoms with E-state index < -0.39 is 0 Å². The van der Waals surface area contributed by atoms with Gasteiger partial charge >= 0.3 is 0 Å². The number of para-hydroxylation sites is 2. The fraction of sp³-hybridized carbons (Fsp3) is 0.100. The molecular formula is C30H26N4O3S. The highest BCUT2D eigenvalue weighted by molar-refractivity contribution is 7.99. The number of amides is 1. The number of benzene rings is 4. The third-order valence-corrected chi connectivity index (χ3v) is 6.48. The predicted molar refractivity (Wildman–Crippen MR) is 149 cm³/mol. The molecule has 1 amide bonds. The zero-order valence-electron chi connectivity index (χ0n) is 20.8. The van der Waals surface area contributed by atoms with E-state index in [-0.39, 0.29) is 18.3 Å². The number of anilines is 1. The van der Waals surface area contributed by atoms with Gasteiger partial charge in [-0.05, 0) is 67.6 Å². The van der Waals surface area contributed by atoms with Gasteiger partial charge in [-0.25, -0.2) is 0 Å². The molecule has 8 heteroatoms. The van der Waals surface area contributed by atoms with Crippen molar-refractivity contribution in [3.8, 4) is 22.9 Å². The molecule has 190 valence electrons. The quantitative estimate of drug-likeness (QED) is 0.206. The summed E-state index contributed by atoms with van der Waals surface area (Å²) in [4.78, 5) is 12.7. The number of aryl methyl sites for hydroxylation is 1. The molecule has 38 heavy (non-hydrogen) atoms. The molecule has 0 atom stereocenters. The molecule has 5 rings (SSSR count). The zero-order chi connectivity index (χ0) is 26.2. The largest absolute Gasteiger partial charge is 0.486 e. The van der Waals surface area contributed by atoms with Crippen molar-refractivity contribution < 1.29 is 14.3 Å². The second-order valence-electron chi connectivity index (χ2n) is 8.45. The Bertz CT molecular complexity index is 1470. The van der Waals surface area contributed by atoms with Crippen molar-refractivity contribution in [2.45, 2.75) is 18.7 Å². The van der Waals surface area contributed by atoms with Crippen LogP contribution in [0.5, 0.6) is 17.2 Å². The fourth-order valence-corrected chi connectivity index (χ4v) is 4.43. The second kappa shape index (κ2) is 12.1. The van der Waals surface area contributed by atoms with E-state index in [0.717, 1.165) is 22.7 Å². The second-order valence-corrected chi connectivity index (χ2v) is 9.39. The van der Waals surface area contributed by atoms with Gasteiger partial charge in [0, 0.05) is 11.4 Å². The van der Waals surface area contributed by atoms with Crippen molar-refractivity contribution in [1.82, 2.24) is 14.8 Å². The standard InChI is InChI=1S/C30H26N4O3S/c1-22-12-16-24(17-13-22)34-28(20-36-25-8-4-2-5-9-25)32-33-30(34)38-21-29(35)31-23-14-18-27(19-15-23)37-26-10-6-3-7-11-26/h2-19H,20-21H2,1H3,(H,31,35). The molecule has 0 spiro atoms. The maximum atomic E-state index is 12.7. The maximum Gasteiger partial charge on any atom is 0.234 e. The summed E-state index contributed by atoms with van der Waals surface area (Å²) in [6, 6.07) is 34.5. The molecule has 0 aliphatic rings. The normalized spacial score (nSPS) is 10.7. The van der Waals surface area contributed by atoms with Gasteiger partial charge in [-0.1, -0.05) is 65.9 Å². The Morgan fingerprint density at radius 1 is 0.789 bits per heavy atom. The molecule has 0 bridgehead atoms. The van der Waals surface area contributed by atoms with Crippen LogP contribution in [0, 0.1) is 6.92 Å². The van der Waals surface area contributed by atoms with E-state index in [2.05, 4.69) is 15.5 Å². The summed E-state index contributed by atoms with van der Waals surface area (Å²) in [6.07, 6.45) is 0. The first kappa shape index (κ1) is 25.1. The average molecular weight is 523 g/mol. The van der Waals surface area contributed by atoms with Gasteiger partial charge < -0.3 is 14.8 Å². The van der Waals surface area contributed by atoms with Crippen LogP contribution in [0.1, 0.15) is 11.4 Å². The Morgan fingerprint density at radius 3 is 2.11 bits per heavy atom. The molecule has 0 saturated carbocycles. The molecule has 0 unspecified atom stereocenters. The minimum absolute atomic E-state index is 0.146. The molecular weight excluding hydrogens is 496 g/mol. The summed E-state index contributed by atoms with van der Waals surface area (Å²) < 4.78 is 13.7. The zero-order valence-corrected chi connectivity index (χ0v) is 21.6. The van der Waals surface area contributed by atoms with Crippen molar-refractivity contribution in [1.29, 1.82) is 0 Å². The van der Waals surface area contributed by atoms with Crippen LogP contribution >= 0.6 is 11.8 Å². The van der Waals surface area contributed by atoms with E-state index in [1.54, 1.807) is 0 Å². The van der Waals surface area contributed by atoms with Gasteiger partial charge in [-0.15, -0.1) is 10.2 Å². The average Bonchev–Trinajstić information content (AvgIpc) is 3.36. The number of nitrogens with one attached hydrogen (secondary N) is 1. The highest BCUT2D eigenvalue weighted by atomic mass is 32.2. The lowest BCUT2D eigenvalue weighted by Crippen LogP contribution is -2.14. The summed E-state index contributed by atoms with van der Waals surface area (Å²) in [5.41, 5.74) is 2.75. The van der Waals surface area contributed by atoms with Crippen molar-refractivity contribution in [3.63, 3.8) is 0 Å². The van der Waals surface area contributed by atoms with Crippen LogP contribution < -0.4 is 14.8 Å². The fourth-order valence-electron chi connectivity index (χ4n) is 3.66. The number of thioether (sulfide) groups is 1. The third kappa shape index (κ3) is 6.60. The van der Waals surface area contributed by atoms with Gasteiger partial charge in [0.25, 0.3) is 0 Å². The Hall–Kier alpha value is -4.56. The van der Waals surface area contributed by atoms with Crippen LogP contribution in [-0.2, 0) is 11.4 Å². The van der Waals surface area contributed by atoms with Gasteiger partial charge in [0.05, 0.1) is 5.75 Å². The lowest BCUT2D eigenvalue weighted by atomic mass is 10.2. The van der Waals surface area contributed by atoms with Crippen LogP contribution in [-0.4, -0.2) is 26.4 Å². The van der Waals surface area contributed by atoms with Gasteiger partial charge in [0.2, 0.25) is 5.91 Å². The molecule has 1 N–H and O–H groups in total. The SMILES string of the molecule is Cc1ccc(-n2c(COc3ccccc3)nnc2SCC(=O)Nc2ccc(Oc3ccccc3)cc2)cc1. The lowest BCUT2D eigenvalue weighted by Gasteiger charge is -2.12. The monoisotopic (exact) mass is 522 g/mol. The van der Waals surface area contributed by atoms with Crippen LogP contribution in [0.15, 0.2) is 114 Å². The Morgan fingerprint density at radius 2 is 1.42 bits per heavy atom. The van der Waals surface area contributed by atoms with Crippen molar-refractivity contribution in [2.24, 2.45) is 0 Å². The molecule has 5 aromatic rings. The molecule has 1 aromatic heterocycles. The molecule has 0 fully saturated rings. The molecule has 7 nitrogen and oxygen atoms in total. The minimum Gasteiger partial charge on any atom is -0.486 e. The number of carbonyl (C=O) groups is 1. The van der Waals surface area contributed by atoms with E-state index in [4.69, 9.17) is 9.47 Å². The van der Waals surface area contributed by atoms with Gasteiger partial charge in [-0.2, -0.15) is 0 Å². The van der Waals surface area contributed by atoms with Crippen molar-refractivity contribution in [3.05, 3.63) is 121 Å². The van der Waals surface area contributed by atoms with E-state index in [0.29, 0.717) is 22.4 Å². The topological polar surface area (TPSA) is 78.3 Å². The molecule has 4 aromatic carbocycles. The lowest BCUT2D eigenvalue weighted by molar-refractivity contribution is -0.113. The predicted octanol–water partition coefficient (Wildman–Crippen LogP) is 6.68. The van der Waals surface area contributed by atoms with Crippen LogP contribution in [0.3, 0.4) is 0 Å². The molecule has 0 aliphatic heterocycles. The summed E-state index contributed by atoms with van der Waals surface area (Å²) in [5.74, 6) is 2.87. The number of hydrogen-bond acceptors (Lipinski definition) is 6. The maximum absolute atomic E-state index is 12.7. The molecule has 0 saturated heterocycles. The first-order valence-corrected chi connectivity index (χ1v) is 13.1. The molecule has 0 aliphatic carbocycles. The van der Waals surface area contributed by atoms with E-state index in [1.165, 1.54) is 11.8 Å². The van der Waals surface area contributed by atoms with E-state index in [9.17, 15) is 4.79 Å². The highest BCUT2D eigenvalue weighted by Gasteiger charge is 2.17. The summed E-state index contributed by atoms with van der Waals surface area (Å²) in [7, 11) is 0. The smallest absolute Gasteiger partial charge is 0.234 e. The van der Waals surface area contributed by atoms with Crippen LogP contribution in [0.2, 0.25) is 0 Å². The van der Waals surface area contributed by atoms with Crippen molar-refractivity contribution in [2.75, 3.05) is 11.1 Å². The molecule has 1 heterocycles. The number of nitrogens with zero attached hydrogens (tertiary/aromatic N) is 3. The number of carbonyl (C=O) groups excluding carboxylic acids is 1. The highest BCUT2D eigenvalue weighted by Crippen LogP contribution is 2.25. The van der Waals surface area contributed by atoms with E-state index >= 15 is 0 Å². The molecule has 0 radical (unpaired) electrons. The van der Waals surface area contributed by atoms with Crippen LogP contribution in [0.25, 0.3) is 5.69 Å². The minimum atomic E-state index is -0.146. The van der Waals surface area contributed by atoms with E-state index in [1.807, 2.05) is 121 Å². The number of rotatable bonds is 10. The first-order valence-electron chi connectivity index (χ1n) is 12.1. The summed E-state index contributed by atoms with van der Waals surface area (Å²) in [5, 5.41) is 12.3. The van der Waals surface area contributed by atoms with Crippen molar-refractivity contribution >= 4 is 23.4 Å². The Labute approximate surface area is 225 Å². The Balaban J connectivity index is 1.24. The third-order valence-electron chi connectivity index (χ3n) is 5.55. The van der Waals surface area contributed by atoms with Gasteiger partial charge in [-0.3, -0.25) is 9.36 Å². The number of hydrogen-bond donors (Lipinski definition) is 1. The Kier molecular flexibility index (Phi) is 8.01. The van der Waals surface area contributed by atoms with Crippen LogP contribution in [0.4, 0.5) is 5.69 Å². The summed E-state index contributed by atoms with van der Waals surface area (Å²) >= 11 is 1.32. The van der Waals surface area contributed by atoms with Gasteiger partial charge in [0.15, 0.2) is 11.0 Å². The number of ether oxygens (including phenoxy) is 2. The first-order chi connectivity index (χ1) is 18.6. The number of aromatic nitrogens is 3. The van der Waals surface area contributed by atoms with Gasteiger partial charge in [0.1, 0.15) is 23.9 Å². The summed E-state index contributed by atoms with van der Waals surface area (Å²) in [6.45, 7) is 2.28.